The molecule has 0 spiro atoms. The molecule has 0 aliphatic rings. The van der Waals surface area contributed by atoms with Crippen LogP contribution in [0.2, 0.25) is 0 Å². The minimum atomic E-state index is -0.519. The van der Waals surface area contributed by atoms with E-state index in [1.165, 1.54) is 36.4 Å². The van der Waals surface area contributed by atoms with E-state index in [-0.39, 0.29) is 18.0 Å². The second-order valence-electron chi connectivity index (χ2n) is 4.03. The van der Waals surface area contributed by atoms with Gasteiger partial charge in [-0.15, -0.1) is 0 Å². The summed E-state index contributed by atoms with van der Waals surface area (Å²) in [5.74, 6) is -1.26. The fourth-order valence-corrected chi connectivity index (χ4v) is 1.87. The number of nitrogens with one attached hydrogen (secondary N) is 2. The van der Waals surface area contributed by atoms with Gasteiger partial charge in [-0.1, -0.05) is 15.9 Å². The molecule has 3 nitrogen and oxygen atoms in total. The van der Waals surface area contributed by atoms with Gasteiger partial charge in [0.2, 0.25) is 5.91 Å². The summed E-state index contributed by atoms with van der Waals surface area (Å²) in [6.07, 6.45) is 0. The van der Waals surface area contributed by atoms with Crippen molar-refractivity contribution in [1.29, 1.82) is 0 Å². The fraction of sp³-hybridized carbons (Fsp3) is 0.0714. The minimum absolute atomic E-state index is 0.0405. The lowest BCUT2D eigenvalue weighted by atomic mass is 10.3. The average Bonchev–Trinajstić information content (AvgIpc) is 2.41. The van der Waals surface area contributed by atoms with Crippen molar-refractivity contribution in [3.63, 3.8) is 0 Å². The molecule has 6 heteroatoms. The third kappa shape index (κ3) is 4.03. The molecule has 0 atom stereocenters. The maximum Gasteiger partial charge on any atom is 0.243 e. The Bertz CT molecular complexity index is 617. The first-order valence-electron chi connectivity index (χ1n) is 5.79. The Morgan fingerprint density at radius 2 is 1.80 bits per heavy atom. The van der Waals surface area contributed by atoms with Crippen LogP contribution >= 0.6 is 15.9 Å². The van der Waals surface area contributed by atoms with Crippen molar-refractivity contribution in [2.45, 2.75) is 0 Å². The highest BCUT2D eigenvalue weighted by atomic mass is 79.9. The molecule has 0 fully saturated rings. The van der Waals surface area contributed by atoms with Gasteiger partial charge in [-0.2, -0.15) is 0 Å². The van der Waals surface area contributed by atoms with Crippen molar-refractivity contribution >= 4 is 33.2 Å². The van der Waals surface area contributed by atoms with Crippen LogP contribution in [-0.4, -0.2) is 12.5 Å². The van der Waals surface area contributed by atoms with Crippen molar-refractivity contribution in [3.8, 4) is 0 Å². The van der Waals surface area contributed by atoms with E-state index < -0.39 is 11.7 Å². The SMILES string of the molecule is O=C(CNc1ccc(F)cc1)Nc1ccc(Br)cc1F. The Labute approximate surface area is 123 Å². The summed E-state index contributed by atoms with van der Waals surface area (Å²) in [7, 11) is 0. The van der Waals surface area contributed by atoms with Gasteiger partial charge >= 0.3 is 0 Å². The summed E-state index contributed by atoms with van der Waals surface area (Å²) in [4.78, 5) is 11.7. The molecule has 2 rings (SSSR count). The quantitative estimate of drug-likeness (QED) is 0.889. The molecule has 0 bridgehead atoms. The number of amides is 1. The van der Waals surface area contributed by atoms with Crippen LogP contribution < -0.4 is 10.6 Å². The number of anilines is 2. The predicted molar refractivity (Wildman–Crippen MR) is 77.6 cm³/mol. The summed E-state index contributed by atoms with van der Waals surface area (Å²) in [6, 6.07) is 9.97. The second kappa shape index (κ2) is 6.47. The fourth-order valence-electron chi connectivity index (χ4n) is 1.54. The molecule has 0 heterocycles. The van der Waals surface area contributed by atoms with Gasteiger partial charge in [-0.05, 0) is 42.5 Å². The molecular formula is C14H11BrF2N2O. The zero-order chi connectivity index (χ0) is 14.5. The zero-order valence-corrected chi connectivity index (χ0v) is 11.9. The van der Waals surface area contributed by atoms with Gasteiger partial charge < -0.3 is 10.6 Å². The molecule has 2 aromatic carbocycles. The molecule has 2 aromatic rings. The molecular weight excluding hydrogens is 330 g/mol. The molecule has 104 valence electrons. The van der Waals surface area contributed by atoms with Gasteiger partial charge in [0, 0.05) is 10.2 Å². The monoisotopic (exact) mass is 340 g/mol. The number of benzene rings is 2. The van der Waals surface area contributed by atoms with Gasteiger partial charge in [-0.25, -0.2) is 8.78 Å². The van der Waals surface area contributed by atoms with Crippen molar-refractivity contribution in [2.75, 3.05) is 17.2 Å². The van der Waals surface area contributed by atoms with Gasteiger partial charge in [0.15, 0.2) is 0 Å². The van der Waals surface area contributed by atoms with Crippen molar-refractivity contribution in [3.05, 3.63) is 58.6 Å². The van der Waals surface area contributed by atoms with Crippen LogP contribution in [0.4, 0.5) is 20.2 Å². The molecule has 0 radical (unpaired) electrons. The lowest BCUT2D eigenvalue weighted by Crippen LogP contribution is -2.22. The summed E-state index contributed by atoms with van der Waals surface area (Å²) < 4.78 is 26.8. The molecule has 0 saturated heterocycles. The van der Waals surface area contributed by atoms with Crippen LogP contribution in [0.5, 0.6) is 0 Å². The van der Waals surface area contributed by atoms with E-state index in [0.29, 0.717) is 10.2 Å². The van der Waals surface area contributed by atoms with E-state index in [0.717, 1.165) is 0 Å². The third-order valence-corrected chi connectivity index (χ3v) is 3.00. The highest BCUT2D eigenvalue weighted by Crippen LogP contribution is 2.19. The molecule has 20 heavy (non-hydrogen) atoms. The maximum atomic E-state index is 13.5. The van der Waals surface area contributed by atoms with Crippen molar-refractivity contribution in [2.24, 2.45) is 0 Å². The van der Waals surface area contributed by atoms with Crippen LogP contribution in [-0.2, 0) is 4.79 Å². The largest absolute Gasteiger partial charge is 0.376 e. The van der Waals surface area contributed by atoms with Gasteiger partial charge in [-0.3, -0.25) is 4.79 Å². The number of rotatable bonds is 4. The summed E-state index contributed by atoms with van der Waals surface area (Å²) in [6.45, 7) is -0.0405. The van der Waals surface area contributed by atoms with Gasteiger partial charge in [0.1, 0.15) is 11.6 Å². The Hall–Kier alpha value is -1.95. The molecule has 0 unspecified atom stereocenters. The average molecular weight is 341 g/mol. The van der Waals surface area contributed by atoms with E-state index in [4.69, 9.17) is 0 Å². The summed E-state index contributed by atoms with van der Waals surface area (Å²) in [5.41, 5.74) is 0.719. The maximum absolute atomic E-state index is 13.5. The van der Waals surface area contributed by atoms with Crippen LogP contribution in [0.3, 0.4) is 0 Å². The molecule has 0 saturated carbocycles. The lowest BCUT2D eigenvalue weighted by molar-refractivity contribution is -0.114. The van der Waals surface area contributed by atoms with E-state index in [2.05, 4.69) is 26.6 Å². The zero-order valence-electron chi connectivity index (χ0n) is 10.3. The summed E-state index contributed by atoms with van der Waals surface area (Å²) in [5, 5.41) is 5.26. The molecule has 0 aliphatic heterocycles. The van der Waals surface area contributed by atoms with Crippen LogP contribution in [0.1, 0.15) is 0 Å². The standard InChI is InChI=1S/C14H11BrF2N2O/c15-9-1-6-13(12(17)7-9)19-14(20)8-18-11-4-2-10(16)3-5-11/h1-7,18H,8H2,(H,19,20). The lowest BCUT2D eigenvalue weighted by Gasteiger charge is -2.08. The first kappa shape index (κ1) is 14.5. The van der Waals surface area contributed by atoms with E-state index in [9.17, 15) is 13.6 Å². The Kier molecular flexibility index (Phi) is 4.68. The second-order valence-corrected chi connectivity index (χ2v) is 4.95. The smallest absolute Gasteiger partial charge is 0.243 e. The number of carbonyl (C=O) groups excluding carboxylic acids is 1. The van der Waals surface area contributed by atoms with Crippen LogP contribution in [0.15, 0.2) is 46.9 Å². The molecule has 0 aliphatic carbocycles. The molecule has 0 aromatic heterocycles. The minimum Gasteiger partial charge on any atom is -0.376 e. The number of hydrogen-bond donors (Lipinski definition) is 2. The highest BCUT2D eigenvalue weighted by Gasteiger charge is 2.07. The Morgan fingerprint density at radius 3 is 2.45 bits per heavy atom. The number of halogens is 3. The molecule has 2 N–H and O–H groups in total. The predicted octanol–water partition coefficient (Wildman–Crippen LogP) is 3.78. The first-order valence-corrected chi connectivity index (χ1v) is 6.58. The van der Waals surface area contributed by atoms with Crippen molar-refractivity contribution in [1.82, 2.24) is 0 Å². The Morgan fingerprint density at radius 1 is 1.10 bits per heavy atom. The third-order valence-electron chi connectivity index (χ3n) is 2.50. The topological polar surface area (TPSA) is 41.1 Å². The van der Waals surface area contributed by atoms with Crippen LogP contribution in [0, 0.1) is 11.6 Å². The Balaban J connectivity index is 1.90. The van der Waals surface area contributed by atoms with Gasteiger partial charge in [0.05, 0.1) is 12.2 Å². The number of carbonyl (C=O) groups is 1. The van der Waals surface area contributed by atoms with E-state index >= 15 is 0 Å². The normalized spacial score (nSPS) is 10.2. The first-order chi connectivity index (χ1) is 9.54. The van der Waals surface area contributed by atoms with E-state index in [1.54, 1.807) is 6.07 Å². The van der Waals surface area contributed by atoms with Gasteiger partial charge in [0.25, 0.3) is 0 Å². The van der Waals surface area contributed by atoms with Crippen molar-refractivity contribution < 1.29 is 13.6 Å². The van der Waals surface area contributed by atoms with E-state index in [1.807, 2.05) is 0 Å². The highest BCUT2D eigenvalue weighted by molar-refractivity contribution is 9.10. The molecule has 1 amide bonds. The summed E-state index contributed by atoms with van der Waals surface area (Å²) >= 11 is 3.13. The van der Waals surface area contributed by atoms with Crippen LogP contribution in [0.25, 0.3) is 0 Å². The number of hydrogen-bond acceptors (Lipinski definition) is 2.